The molecule has 36 heavy (non-hydrogen) atoms. The number of hydrogen-bond donors (Lipinski definition) is 3. The molecule has 1 fully saturated rings. The van der Waals surface area contributed by atoms with Crippen molar-refractivity contribution in [3.8, 4) is 0 Å². The summed E-state index contributed by atoms with van der Waals surface area (Å²) in [5.41, 5.74) is 1.13. The van der Waals surface area contributed by atoms with Crippen LogP contribution in [0.3, 0.4) is 0 Å². The van der Waals surface area contributed by atoms with Crippen molar-refractivity contribution >= 4 is 29.2 Å². The lowest BCUT2D eigenvalue weighted by Gasteiger charge is -2.50. The molecule has 0 amide bonds. The van der Waals surface area contributed by atoms with E-state index in [0.29, 0.717) is 25.7 Å². The molecule has 1 aliphatic carbocycles. The van der Waals surface area contributed by atoms with Crippen molar-refractivity contribution in [1.29, 1.82) is 0 Å². The smallest absolute Gasteiger partial charge is 0.309 e. The van der Waals surface area contributed by atoms with Crippen LogP contribution in [-0.4, -0.2) is 57.0 Å². The minimum Gasteiger partial charge on any atom is -0.457 e. The van der Waals surface area contributed by atoms with E-state index >= 15 is 0 Å². The van der Waals surface area contributed by atoms with Gasteiger partial charge in [0.25, 0.3) is 0 Å². The number of rotatable bonds is 4. The van der Waals surface area contributed by atoms with Crippen LogP contribution in [0.2, 0.25) is 0 Å². The summed E-state index contributed by atoms with van der Waals surface area (Å²) in [6.07, 6.45) is 4.60. The molecular formula is C28H39NO6S. The summed E-state index contributed by atoms with van der Waals surface area (Å²) < 4.78 is 5.83. The number of aliphatic hydroxyl groups excluding tert-OH is 3. The summed E-state index contributed by atoms with van der Waals surface area (Å²) in [6.45, 7) is 10.9. The molecule has 1 aliphatic heterocycles. The number of aromatic nitrogens is 1. The van der Waals surface area contributed by atoms with Crippen LogP contribution >= 0.6 is 11.3 Å². The summed E-state index contributed by atoms with van der Waals surface area (Å²) in [6, 6.07) is 0. The zero-order chi connectivity index (χ0) is 26.6. The van der Waals surface area contributed by atoms with Crippen molar-refractivity contribution in [3.05, 3.63) is 46.0 Å². The van der Waals surface area contributed by atoms with Gasteiger partial charge in [0.2, 0.25) is 0 Å². The fourth-order valence-corrected chi connectivity index (χ4v) is 6.32. The number of aliphatic hydroxyl groups is 3. The Hall–Kier alpha value is -2.13. The van der Waals surface area contributed by atoms with Crippen LogP contribution in [0.4, 0.5) is 0 Å². The van der Waals surface area contributed by atoms with E-state index in [1.54, 1.807) is 19.9 Å². The second-order valence-electron chi connectivity index (χ2n) is 10.4. The topological polar surface area (TPSA) is 117 Å². The number of fused-ring (bicyclic) bond motifs is 2. The summed E-state index contributed by atoms with van der Waals surface area (Å²) in [5.74, 6) is -2.37. The number of hydrogen-bond acceptors (Lipinski definition) is 8. The summed E-state index contributed by atoms with van der Waals surface area (Å²) in [5, 5.41) is 35.0. The monoisotopic (exact) mass is 517 g/mol. The van der Waals surface area contributed by atoms with Crippen molar-refractivity contribution in [2.75, 3.05) is 6.61 Å². The van der Waals surface area contributed by atoms with Crippen LogP contribution in [0.5, 0.6) is 0 Å². The molecule has 2 bridgehead atoms. The number of allylic oxidation sites excluding steroid dienone is 1. The molecule has 0 aromatic carbocycles. The maximum atomic E-state index is 13.4. The van der Waals surface area contributed by atoms with E-state index in [2.05, 4.69) is 11.6 Å². The molecule has 0 spiro atoms. The fraction of sp³-hybridized carbons (Fsp3) is 0.607. The Bertz CT molecular complexity index is 1030. The maximum absolute atomic E-state index is 13.4. The van der Waals surface area contributed by atoms with Crippen molar-refractivity contribution in [3.63, 3.8) is 0 Å². The largest absolute Gasteiger partial charge is 0.457 e. The van der Waals surface area contributed by atoms with Gasteiger partial charge in [-0.1, -0.05) is 19.1 Å². The molecule has 1 saturated carbocycles. The summed E-state index contributed by atoms with van der Waals surface area (Å²) in [4.78, 5) is 30.9. The van der Waals surface area contributed by atoms with Gasteiger partial charge in [-0.15, -0.1) is 17.9 Å². The highest BCUT2D eigenvalue weighted by atomic mass is 32.1. The van der Waals surface area contributed by atoms with E-state index in [1.807, 2.05) is 31.4 Å². The molecule has 1 unspecified atom stereocenters. The molecule has 8 heteroatoms. The van der Waals surface area contributed by atoms with Crippen LogP contribution in [0.15, 0.2) is 35.3 Å². The van der Waals surface area contributed by atoms with Crippen LogP contribution in [0.1, 0.15) is 63.6 Å². The zero-order valence-corrected chi connectivity index (χ0v) is 22.5. The van der Waals surface area contributed by atoms with Gasteiger partial charge in [0, 0.05) is 17.7 Å². The van der Waals surface area contributed by atoms with E-state index < -0.39 is 41.5 Å². The number of ether oxygens (including phenoxy) is 1. The standard InChI is InChI=1S/C28H39NO6S/c1-6-22-21-9-7-8-19(14-30)10-11-23(16(2)12-20-15-36-18(4)29-20)35-25(32)13-24(31)28(22,5)27(34)17(3)26(21)33/h6,10,12,15,17,21-24,26,30-31,33H,1,7-9,11,13-14H2,2-5H3/b16-12+,19-10+/t17-,21-,22?,23+,24+,26-,28-/m1/s1. The van der Waals surface area contributed by atoms with E-state index in [-0.39, 0.29) is 24.7 Å². The summed E-state index contributed by atoms with van der Waals surface area (Å²) >= 11 is 1.53. The average molecular weight is 518 g/mol. The van der Waals surface area contributed by atoms with Gasteiger partial charge in [-0.3, -0.25) is 9.59 Å². The molecule has 1 aromatic rings. The van der Waals surface area contributed by atoms with Crippen molar-refractivity contribution in [2.45, 2.75) is 78.1 Å². The number of carbonyl (C=O) groups is 2. The van der Waals surface area contributed by atoms with E-state index in [4.69, 9.17) is 4.74 Å². The number of cyclic esters (lactones) is 1. The number of carbonyl (C=O) groups excluding carboxylic acids is 2. The third-order valence-electron chi connectivity index (χ3n) is 8.01. The Labute approximate surface area is 217 Å². The molecule has 7 nitrogen and oxygen atoms in total. The Kier molecular flexibility index (Phi) is 9.44. The Morgan fingerprint density at radius 1 is 1.36 bits per heavy atom. The van der Waals surface area contributed by atoms with Gasteiger partial charge < -0.3 is 20.1 Å². The molecule has 0 radical (unpaired) electrons. The molecule has 1 aromatic heterocycles. The maximum Gasteiger partial charge on any atom is 0.309 e. The minimum absolute atomic E-state index is 0.113. The van der Waals surface area contributed by atoms with Gasteiger partial charge in [0.1, 0.15) is 11.9 Å². The highest BCUT2D eigenvalue weighted by Gasteiger charge is 2.57. The number of aryl methyl sites for hydroxylation is 1. The fourth-order valence-electron chi connectivity index (χ4n) is 5.75. The van der Waals surface area contributed by atoms with Crippen LogP contribution in [-0.2, 0) is 14.3 Å². The first kappa shape index (κ1) is 28.4. The third-order valence-corrected chi connectivity index (χ3v) is 8.80. The number of nitrogens with zero attached hydrogens (tertiary/aromatic N) is 1. The lowest BCUT2D eigenvalue weighted by molar-refractivity contribution is -0.167. The number of esters is 1. The van der Waals surface area contributed by atoms with Crippen molar-refractivity contribution < 1.29 is 29.6 Å². The number of ketones is 1. The molecule has 198 valence electrons. The van der Waals surface area contributed by atoms with Gasteiger partial charge >= 0.3 is 5.97 Å². The predicted octanol–water partition coefficient (Wildman–Crippen LogP) is 4.01. The summed E-state index contributed by atoms with van der Waals surface area (Å²) in [7, 11) is 0. The lowest BCUT2D eigenvalue weighted by Crippen LogP contribution is -2.59. The first-order valence-corrected chi connectivity index (χ1v) is 13.5. The van der Waals surface area contributed by atoms with Crippen molar-refractivity contribution in [2.24, 2.45) is 23.2 Å². The van der Waals surface area contributed by atoms with Crippen molar-refractivity contribution in [1.82, 2.24) is 4.98 Å². The Balaban J connectivity index is 1.98. The molecule has 2 aliphatic rings. The quantitative estimate of drug-likeness (QED) is 0.408. The first-order chi connectivity index (χ1) is 17.0. The minimum atomic E-state index is -1.28. The number of Topliss-reactive ketones (excluding diaryl/α,β-unsaturated/α-hetero) is 1. The molecule has 3 rings (SSSR count). The van der Waals surface area contributed by atoms with E-state index in [0.717, 1.165) is 21.8 Å². The highest BCUT2D eigenvalue weighted by Crippen LogP contribution is 2.49. The predicted molar refractivity (Wildman–Crippen MR) is 140 cm³/mol. The average Bonchev–Trinajstić information content (AvgIpc) is 3.25. The van der Waals surface area contributed by atoms with E-state index in [1.165, 1.54) is 11.3 Å². The SMILES string of the molecule is C=CC1[C@H]2CCC/C(CO)=C\C[C@@H](/C(C)=C/c3csc(C)n3)OC(=O)C[C@H](O)[C@]1(C)C(=O)[C@H](C)[C@H]2O. The second-order valence-corrected chi connectivity index (χ2v) is 11.4. The van der Waals surface area contributed by atoms with Crippen LogP contribution < -0.4 is 0 Å². The van der Waals surface area contributed by atoms with Gasteiger partial charge in [-0.25, -0.2) is 4.98 Å². The highest BCUT2D eigenvalue weighted by molar-refractivity contribution is 7.09. The number of thiazole rings is 1. The zero-order valence-electron chi connectivity index (χ0n) is 21.6. The van der Waals surface area contributed by atoms with E-state index in [9.17, 15) is 24.9 Å². The third kappa shape index (κ3) is 5.88. The first-order valence-electron chi connectivity index (χ1n) is 12.6. The van der Waals surface area contributed by atoms with Gasteiger partial charge in [-0.2, -0.15) is 0 Å². The van der Waals surface area contributed by atoms with Gasteiger partial charge in [0.15, 0.2) is 0 Å². The van der Waals surface area contributed by atoms with Crippen LogP contribution in [0.25, 0.3) is 6.08 Å². The lowest BCUT2D eigenvalue weighted by atomic mass is 9.54. The Morgan fingerprint density at radius 2 is 2.08 bits per heavy atom. The van der Waals surface area contributed by atoms with Crippen LogP contribution in [0, 0.1) is 30.1 Å². The van der Waals surface area contributed by atoms with Gasteiger partial charge in [-0.05, 0) is 69.1 Å². The van der Waals surface area contributed by atoms with Gasteiger partial charge in [0.05, 0.1) is 41.4 Å². The molecule has 0 saturated heterocycles. The molecule has 3 N–H and O–H groups in total. The Morgan fingerprint density at radius 3 is 2.69 bits per heavy atom. The molecule has 2 heterocycles. The molecular weight excluding hydrogens is 478 g/mol. The normalized spacial score (nSPS) is 36.4. The molecule has 7 atom stereocenters. The second kappa shape index (κ2) is 11.9.